The number of benzene rings is 2. The second kappa shape index (κ2) is 7.11. The van der Waals surface area contributed by atoms with Crippen LogP contribution in [0.2, 0.25) is 0 Å². The molecule has 0 atom stereocenters. The molecule has 148 valence electrons. The van der Waals surface area contributed by atoms with Crippen molar-refractivity contribution in [1.29, 1.82) is 0 Å². The van der Waals surface area contributed by atoms with Crippen molar-refractivity contribution in [2.45, 2.75) is 13.5 Å². The summed E-state index contributed by atoms with van der Waals surface area (Å²) in [6.07, 6.45) is 1.67. The van der Waals surface area contributed by atoms with Gasteiger partial charge in [-0.1, -0.05) is 42.5 Å². The minimum absolute atomic E-state index is 0.0394. The van der Waals surface area contributed by atoms with E-state index in [1.165, 1.54) is 4.90 Å². The highest BCUT2D eigenvalue weighted by atomic mass is 16.2. The van der Waals surface area contributed by atoms with Crippen molar-refractivity contribution in [2.24, 2.45) is 0 Å². The fraction of sp³-hybridized carbons (Fsp3) is 0.130. The number of carbonyl (C=O) groups excluding carboxylic acids is 2. The first-order chi connectivity index (χ1) is 14.7. The molecule has 0 saturated carbocycles. The van der Waals surface area contributed by atoms with Crippen molar-refractivity contribution in [2.75, 3.05) is 16.8 Å². The van der Waals surface area contributed by atoms with Gasteiger partial charge < -0.3 is 5.32 Å². The van der Waals surface area contributed by atoms with Gasteiger partial charge in [-0.25, -0.2) is 9.67 Å². The molecule has 0 saturated heterocycles. The molecule has 7 heteroatoms. The largest absolute Gasteiger partial charge is 0.323 e. The zero-order chi connectivity index (χ0) is 20.7. The number of rotatable bonds is 3. The van der Waals surface area contributed by atoms with Crippen molar-refractivity contribution in [1.82, 2.24) is 14.8 Å². The van der Waals surface area contributed by atoms with E-state index >= 15 is 0 Å². The van der Waals surface area contributed by atoms with Crippen LogP contribution in [-0.2, 0) is 11.3 Å². The maximum absolute atomic E-state index is 13.7. The molecule has 0 aliphatic carbocycles. The van der Waals surface area contributed by atoms with Gasteiger partial charge in [0.2, 0.25) is 5.91 Å². The van der Waals surface area contributed by atoms with E-state index in [0.29, 0.717) is 40.2 Å². The van der Waals surface area contributed by atoms with E-state index in [1.807, 2.05) is 55.5 Å². The van der Waals surface area contributed by atoms with Gasteiger partial charge in [0.25, 0.3) is 5.91 Å². The van der Waals surface area contributed by atoms with Gasteiger partial charge in [0.1, 0.15) is 6.54 Å². The fourth-order valence-electron chi connectivity index (χ4n) is 3.77. The number of nitrogens with one attached hydrogen (secondary N) is 1. The topological polar surface area (TPSA) is 80.1 Å². The quantitative estimate of drug-likeness (QED) is 0.571. The SMILES string of the molecule is CCn1ncc2c(C(=O)N3CC(=O)Nc4ccccc43)cc(-c3ccccc3)nc21. The Morgan fingerprint density at radius 2 is 1.87 bits per heavy atom. The number of hydrogen-bond donors (Lipinski definition) is 1. The van der Waals surface area contributed by atoms with Crippen LogP contribution in [0.1, 0.15) is 17.3 Å². The van der Waals surface area contributed by atoms with Crippen molar-refractivity contribution >= 4 is 34.2 Å². The Morgan fingerprint density at radius 3 is 2.67 bits per heavy atom. The molecule has 2 aromatic carbocycles. The highest BCUT2D eigenvalue weighted by Gasteiger charge is 2.29. The molecule has 30 heavy (non-hydrogen) atoms. The fourth-order valence-corrected chi connectivity index (χ4v) is 3.77. The van der Waals surface area contributed by atoms with Crippen LogP contribution in [0.5, 0.6) is 0 Å². The van der Waals surface area contributed by atoms with Crippen molar-refractivity contribution in [3.63, 3.8) is 0 Å². The molecular weight excluding hydrogens is 378 g/mol. The molecule has 4 aromatic rings. The van der Waals surface area contributed by atoms with E-state index in [0.717, 1.165) is 5.56 Å². The Morgan fingerprint density at radius 1 is 1.10 bits per heavy atom. The Labute approximate surface area is 173 Å². The second-order valence-electron chi connectivity index (χ2n) is 7.08. The van der Waals surface area contributed by atoms with Crippen molar-refractivity contribution < 1.29 is 9.59 Å². The molecule has 1 N–H and O–H groups in total. The van der Waals surface area contributed by atoms with Crippen LogP contribution in [-0.4, -0.2) is 33.1 Å². The third-order valence-corrected chi connectivity index (χ3v) is 5.22. The summed E-state index contributed by atoms with van der Waals surface area (Å²) < 4.78 is 1.77. The normalized spacial score (nSPS) is 13.2. The van der Waals surface area contributed by atoms with E-state index < -0.39 is 0 Å². The molecule has 0 spiro atoms. The molecule has 0 radical (unpaired) electrons. The summed E-state index contributed by atoms with van der Waals surface area (Å²) in [5.41, 5.74) is 4.03. The number of pyridine rings is 1. The molecule has 0 bridgehead atoms. The molecule has 0 fully saturated rings. The summed E-state index contributed by atoms with van der Waals surface area (Å²) >= 11 is 0. The molecule has 2 aromatic heterocycles. The van der Waals surface area contributed by atoms with Gasteiger partial charge in [-0.05, 0) is 25.1 Å². The highest BCUT2D eigenvalue weighted by molar-refractivity contribution is 6.19. The number of carbonyl (C=O) groups is 2. The molecule has 5 rings (SSSR count). The standard InChI is InChI=1S/C23H19N5O2/c1-2-28-22-17(13-24-28)16(12-19(26-22)15-8-4-3-5-9-15)23(30)27-14-21(29)25-18-10-6-7-11-20(18)27/h3-13H,2,14H2,1H3,(H,25,29). The van der Waals surface area contributed by atoms with Crippen molar-refractivity contribution in [3.8, 4) is 11.3 Å². The van der Waals surface area contributed by atoms with Crippen LogP contribution in [0, 0.1) is 0 Å². The first-order valence-electron chi connectivity index (χ1n) is 9.78. The lowest BCUT2D eigenvalue weighted by molar-refractivity contribution is -0.115. The monoisotopic (exact) mass is 397 g/mol. The Balaban J connectivity index is 1.70. The molecule has 0 unspecified atom stereocenters. The maximum atomic E-state index is 13.7. The first kappa shape index (κ1) is 18.1. The summed E-state index contributed by atoms with van der Waals surface area (Å²) in [6.45, 7) is 2.58. The van der Waals surface area contributed by atoms with Gasteiger partial charge in [0.15, 0.2) is 5.65 Å². The van der Waals surface area contributed by atoms with Gasteiger partial charge in [0, 0.05) is 12.1 Å². The van der Waals surface area contributed by atoms with Gasteiger partial charge in [-0.3, -0.25) is 14.5 Å². The molecule has 1 aliphatic heterocycles. The summed E-state index contributed by atoms with van der Waals surface area (Å²) in [5.74, 6) is -0.475. The van der Waals surface area contributed by atoms with E-state index in [4.69, 9.17) is 4.98 Å². The lowest BCUT2D eigenvalue weighted by Crippen LogP contribution is -2.42. The predicted molar refractivity (Wildman–Crippen MR) is 115 cm³/mol. The number of fused-ring (bicyclic) bond motifs is 2. The van der Waals surface area contributed by atoms with Crippen LogP contribution in [0.15, 0.2) is 66.9 Å². The zero-order valence-corrected chi connectivity index (χ0v) is 16.4. The Hall–Kier alpha value is -4.00. The molecular formula is C23H19N5O2. The molecule has 2 amide bonds. The summed E-state index contributed by atoms with van der Waals surface area (Å²) in [4.78, 5) is 32.2. The number of para-hydroxylation sites is 2. The number of amides is 2. The van der Waals surface area contributed by atoms with E-state index in [2.05, 4.69) is 10.4 Å². The zero-order valence-electron chi connectivity index (χ0n) is 16.4. The van der Waals surface area contributed by atoms with Crippen molar-refractivity contribution in [3.05, 3.63) is 72.4 Å². The minimum Gasteiger partial charge on any atom is -0.323 e. The lowest BCUT2D eigenvalue weighted by atomic mass is 10.0. The number of aromatic nitrogens is 3. The highest BCUT2D eigenvalue weighted by Crippen LogP contribution is 2.32. The average Bonchev–Trinajstić information content (AvgIpc) is 3.21. The van der Waals surface area contributed by atoms with E-state index in [1.54, 1.807) is 23.0 Å². The van der Waals surface area contributed by atoms with Gasteiger partial charge >= 0.3 is 0 Å². The molecule has 7 nitrogen and oxygen atoms in total. The van der Waals surface area contributed by atoms with Gasteiger partial charge in [0.05, 0.1) is 34.2 Å². The third kappa shape index (κ3) is 2.91. The third-order valence-electron chi connectivity index (χ3n) is 5.22. The minimum atomic E-state index is -0.252. The van der Waals surface area contributed by atoms with Crippen LogP contribution < -0.4 is 10.2 Å². The lowest BCUT2D eigenvalue weighted by Gasteiger charge is -2.29. The summed E-state index contributed by atoms with van der Waals surface area (Å²) in [6, 6.07) is 18.8. The van der Waals surface area contributed by atoms with Gasteiger partial charge in [-0.15, -0.1) is 0 Å². The van der Waals surface area contributed by atoms with Crippen LogP contribution in [0.25, 0.3) is 22.3 Å². The number of hydrogen-bond acceptors (Lipinski definition) is 4. The number of aryl methyl sites for hydroxylation is 1. The van der Waals surface area contributed by atoms with Crippen LogP contribution in [0.4, 0.5) is 11.4 Å². The maximum Gasteiger partial charge on any atom is 0.259 e. The first-order valence-corrected chi connectivity index (χ1v) is 9.78. The van der Waals surface area contributed by atoms with Crippen LogP contribution >= 0.6 is 0 Å². The summed E-state index contributed by atoms with van der Waals surface area (Å²) in [7, 11) is 0. The Bertz CT molecular complexity index is 1280. The van der Waals surface area contributed by atoms with Gasteiger partial charge in [-0.2, -0.15) is 5.10 Å². The Kier molecular flexibility index (Phi) is 4.28. The molecule has 1 aliphatic rings. The summed E-state index contributed by atoms with van der Waals surface area (Å²) in [5, 5.41) is 7.89. The number of anilines is 2. The smallest absolute Gasteiger partial charge is 0.259 e. The predicted octanol–water partition coefficient (Wildman–Crippen LogP) is 3.72. The molecule has 3 heterocycles. The van der Waals surface area contributed by atoms with Crippen LogP contribution in [0.3, 0.4) is 0 Å². The number of nitrogens with zero attached hydrogens (tertiary/aromatic N) is 4. The second-order valence-corrected chi connectivity index (χ2v) is 7.08. The average molecular weight is 397 g/mol. The van der Waals surface area contributed by atoms with E-state index in [9.17, 15) is 9.59 Å². The van der Waals surface area contributed by atoms with E-state index in [-0.39, 0.29) is 18.4 Å².